The Bertz CT molecular complexity index is 625. The van der Waals surface area contributed by atoms with E-state index in [1.165, 1.54) is 14.8 Å². The Morgan fingerprint density at radius 2 is 2.13 bits per heavy atom. The van der Waals surface area contributed by atoms with Gasteiger partial charge in [-0.3, -0.25) is 4.99 Å². The molecule has 2 N–H and O–H groups in total. The third kappa shape index (κ3) is 4.48. The van der Waals surface area contributed by atoms with Crippen LogP contribution in [-0.2, 0) is 6.54 Å². The quantitative estimate of drug-likeness (QED) is 0.657. The number of rotatable bonds is 4. The molecule has 0 aliphatic carbocycles. The zero-order chi connectivity index (χ0) is 16.1. The summed E-state index contributed by atoms with van der Waals surface area (Å²) in [6.07, 6.45) is 2.30. The minimum absolute atomic E-state index is 0.502. The van der Waals surface area contributed by atoms with Crippen LogP contribution in [0.5, 0.6) is 0 Å². The standard InChI is InChI=1S/C17H24N4S2/c1-13-5-6-15(23-13)12-19-17(18-2)20-14-7-9-21(10-8-14)16-4-3-11-22-16/h3-6,11,14H,7-10,12H2,1-2H3,(H2,18,19,20). The van der Waals surface area contributed by atoms with E-state index in [0.29, 0.717) is 6.04 Å². The highest BCUT2D eigenvalue weighted by Crippen LogP contribution is 2.24. The number of aryl methyl sites for hydroxylation is 1. The lowest BCUT2D eigenvalue weighted by Crippen LogP contribution is -2.48. The molecule has 0 unspecified atom stereocenters. The number of nitrogens with one attached hydrogen (secondary N) is 2. The SMILES string of the molecule is CN=C(NCc1ccc(C)s1)NC1CCN(c2cccs2)CC1. The fraction of sp³-hybridized carbons (Fsp3) is 0.471. The predicted octanol–water partition coefficient (Wildman–Crippen LogP) is 3.45. The first-order valence-electron chi connectivity index (χ1n) is 8.05. The van der Waals surface area contributed by atoms with Crippen molar-refractivity contribution in [1.29, 1.82) is 0 Å². The van der Waals surface area contributed by atoms with E-state index < -0.39 is 0 Å². The van der Waals surface area contributed by atoms with Crippen LogP contribution in [0.1, 0.15) is 22.6 Å². The van der Waals surface area contributed by atoms with Crippen molar-refractivity contribution < 1.29 is 0 Å². The first-order chi connectivity index (χ1) is 11.2. The van der Waals surface area contributed by atoms with E-state index >= 15 is 0 Å². The van der Waals surface area contributed by atoms with Crippen LogP contribution in [0.15, 0.2) is 34.6 Å². The fourth-order valence-electron chi connectivity index (χ4n) is 2.83. The fourth-order valence-corrected chi connectivity index (χ4v) is 4.45. The average Bonchev–Trinajstić information content (AvgIpc) is 3.24. The van der Waals surface area contributed by atoms with Crippen molar-refractivity contribution in [2.45, 2.75) is 32.4 Å². The van der Waals surface area contributed by atoms with Crippen molar-refractivity contribution in [2.75, 3.05) is 25.0 Å². The molecule has 23 heavy (non-hydrogen) atoms. The molecule has 0 spiro atoms. The van der Waals surface area contributed by atoms with E-state index in [1.807, 2.05) is 29.7 Å². The number of hydrogen-bond donors (Lipinski definition) is 2. The second-order valence-corrected chi connectivity index (χ2v) is 8.09. The lowest BCUT2D eigenvalue weighted by atomic mass is 10.1. The van der Waals surface area contributed by atoms with E-state index in [0.717, 1.165) is 38.4 Å². The Balaban J connectivity index is 1.45. The molecule has 3 rings (SSSR count). The zero-order valence-corrected chi connectivity index (χ0v) is 15.3. The molecule has 0 atom stereocenters. The Morgan fingerprint density at radius 1 is 1.30 bits per heavy atom. The molecule has 1 saturated heterocycles. The minimum atomic E-state index is 0.502. The maximum absolute atomic E-state index is 4.36. The third-order valence-electron chi connectivity index (χ3n) is 4.10. The molecule has 6 heteroatoms. The third-order valence-corrected chi connectivity index (χ3v) is 6.03. The summed E-state index contributed by atoms with van der Waals surface area (Å²) in [4.78, 5) is 9.54. The van der Waals surface area contributed by atoms with Crippen LogP contribution in [0, 0.1) is 6.92 Å². The summed E-state index contributed by atoms with van der Waals surface area (Å²) >= 11 is 3.66. The van der Waals surface area contributed by atoms with Crippen molar-refractivity contribution in [3.05, 3.63) is 39.4 Å². The molecular formula is C17H24N4S2. The summed E-state index contributed by atoms with van der Waals surface area (Å²) in [5.41, 5.74) is 0. The van der Waals surface area contributed by atoms with Gasteiger partial charge in [0.05, 0.1) is 11.5 Å². The Morgan fingerprint density at radius 3 is 2.74 bits per heavy atom. The van der Waals surface area contributed by atoms with Crippen LogP contribution < -0.4 is 15.5 Å². The van der Waals surface area contributed by atoms with E-state index in [1.54, 1.807) is 0 Å². The first kappa shape index (κ1) is 16.3. The summed E-state index contributed by atoms with van der Waals surface area (Å²) < 4.78 is 0. The van der Waals surface area contributed by atoms with Gasteiger partial charge in [-0.1, -0.05) is 0 Å². The molecule has 0 saturated carbocycles. The van der Waals surface area contributed by atoms with Gasteiger partial charge in [0, 0.05) is 35.9 Å². The molecule has 2 aromatic heterocycles. The normalized spacial score (nSPS) is 16.6. The van der Waals surface area contributed by atoms with E-state index in [-0.39, 0.29) is 0 Å². The molecule has 1 aliphatic rings. The van der Waals surface area contributed by atoms with E-state index in [4.69, 9.17) is 0 Å². The first-order valence-corrected chi connectivity index (χ1v) is 9.75. The number of anilines is 1. The number of hydrogen-bond acceptors (Lipinski definition) is 4. The number of nitrogens with zero attached hydrogens (tertiary/aromatic N) is 2. The molecule has 4 nitrogen and oxygen atoms in total. The van der Waals surface area contributed by atoms with Gasteiger partial charge >= 0.3 is 0 Å². The summed E-state index contributed by atoms with van der Waals surface area (Å²) in [7, 11) is 1.84. The maximum Gasteiger partial charge on any atom is 0.191 e. The van der Waals surface area contributed by atoms with Crippen molar-refractivity contribution >= 4 is 33.6 Å². The maximum atomic E-state index is 4.36. The number of thiophene rings is 2. The summed E-state index contributed by atoms with van der Waals surface area (Å²) in [5.74, 6) is 0.908. The molecule has 1 aliphatic heterocycles. The van der Waals surface area contributed by atoms with Gasteiger partial charge < -0.3 is 15.5 Å². The summed E-state index contributed by atoms with van der Waals surface area (Å²) in [6, 6.07) is 9.19. The molecule has 0 radical (unpaired) electrons. The molecule has 0 bridgehead atoms. The largest absolute Gasteiger partial charge is 0.363 e. The highest BCUT2D eigenvalue weighted by Gasteiger charge is 2.20. The van der Waals surface area contributed by atoms with E-state index in [2.05, 4.69) is 57.1 Å². The van der Waals surface area contributed by atoms with Crippen molar-refractivity contribution in [2.24, 2.45) is 4.99 Å². The van der Waals surface area contributed by atoms with Crippen LogP contribution in [0.3, 0.4) is 0 Å². The second kappa shape index (κ2) is 7.84. The number of piperidine rings is 1. The monoisotopic (exact) mass is 348 g/mol. The number of guanidine groups is 1. The van der Waals surface area contributed by atoms with Crippen LogP contribution >= 0.6 is 22.7 Å². The Kier molecular flexibility index (Phi) is 5.56. The van der Waals surface area contributed by atoms with Gasteiger partial charge in [0.25, 0.3) is 0 Å². The molecule has 1 fully saturated rings. The minimum Gasteiger partial charge on any atom is -0.363 e. The average molecular weight is 349 g/mol. The Hall–Kier alpha value is -1.53. The van der Waals surface area contributed by atoms with Crippen LogP contribution in [0.4, 0.5) is 5.00 Å². The highest BCUT2D eigenvalue weighted by molar-refractivity contribution is 7.14. The van der Waals surface area contributed by atoms with Gasteiger partial charge in [0.1, 0.15) is 0 Å². The van der Waals surface area contributed by atoms with Gasteiger partial charge in [0.2, 0.25) is 0 Å². The lowest BCUT2D eigenvalue weighted by Gasteiger charge is -2.33. The van der Waals surface area contributed by atoms with Gasteiger partial charge in [-0.2, -0.15) is 0 Å². The molecule has 0 aromatic carbocycles. The van der Waals surface area contributed by atoms with Gasteiger partial charge in [-0.15, -0.1) is 22.7 Å². The molecule has 2 aromatic rings. The van der Waals surface area contributed by atoms with Crippen LogP contribution in [-0.4, -0.2) is 32.1 Å². The summed E-state index contributed by atoms with van der Waals surface area (Å²) in [5, 5.41) is 10.5. The number of aliphatic imine (C=N–C) groups is 1. The Labute approximate surface area is 146 Å². The molecule has 3 heterocycles. The highest BCUT2D eigenvalue weighted by atomic mass is 32.1. The van der Waals surface area contributed by atoms with Crippen LogP contribution in [0.25, 0.3) is 0 Å². The molecule has 124 valence electrons. The predicted molar refractivity (Wildman–Crippen MR) is 102 cm³/mol. The smallest absolute Gasteiger partial charge is 0.191 e. The van der Waals surface area contributed by atoms with Crippen molar-refractivity contribution in [1.82, 2.24) is 10.6 Å². The molecular weight excluding hydrogens is 324 g/mol. The van der Waals surface area contributed by atoms with Crippen LogP contribution in [0.2, 0.25) is 0 Å². The summed E-state index contributed by atoms with van der Waals surface area (Å²) in [6.45, 7) is 5.20. The van der Waals surface area contributed by atoms with Gasteiger partial charge in [-0.25, -0.2) is 0 Å². The topological polar surface area (TPSA) is 39.7 Å². The van der Waals surface area contributed by atoms with Crippen molar-refractivity contribution in [3.63, 3.8) is 0 Å². The lowest BCUT2D eigenvalue weighted by molar-refractivity contribution is 0.463. The second-order valence-electron chi connectivity index (χ2n) is 5.80. The van der Waals surface area contributed by atoms with Gasteiger partial charge in [0.15, 0.2) is 5.96 Å². The molecule has 0 amide bonds. The van der Waals surface area contributed by atoms with Gasteiger partial charge in [-0.05, 0) is 49.4 Å². The van der Waals surface area contributed by atoms with E-state index in [9.17, 15) is 0 Å². The zero-order valence-electron chi connectivity index (χ0n) is 13.7. The van der Waals surface area contributed by atoms with Crippen molar-refractivity contribution in [3.8, 4) is 0 Å².